The molecule has 0 aromatic rings. The first-order chi connectivity index (χ1) is 10.5. The summed E-state index contributed by atoms with van der Waals surface area (Å²) in [4.78, 5) is 29.7. The third kappa shape index (κ3) is 38.2. The van der Waals surface area contributed by atoms with Crippen molar-refractivity contribution in [3.05, 3.63) is 0 Å². The minimum Gasteiger partial charge on any atom is -0.529 e. The number of hydrogen-bond acceptors (Lipinski definition) is 7. The van der Waals surface area contributed by atoms with Crippen LogP contribution in [-0.2, 0) is 89.3 Å². The number of carbonyl (C=O) groups is 1. The third-order valence-corrected chi connectivity index (χ3v) is 1.78. The summed E-state index contributed by atoms with van der Waals surface area (Å²) >= 11 is 0. The largest absolute Gasteiger partial charge is 0.529 e. The summed E-state index contributed by atoms with van der Waals surface area (Å²) in [7, 11) is 3.10. The summed E-state index contributed by atoms with van der Waals surface area (Å²) in [6.07, 6.45) is 2.68. The second-order valence-corrected chi connectivity index (χ2v) is 3.43. The van der Waals surface area contributed by atoms with Gasteiger partial charge in [0, 0.05) is 92.7 Å². The Morgan fingerprint density at radius 2 is 1.29 bits per heavy atom. The number of aliphatic hydroxyl groups excluding tert-OH is 2. The molecule has 0 atom stereocenters. The predicted octanol–water partition coefficient (Wildman–Crippen LogP) is -2.75. The smallest absolute Gasteiger partial charge is 0.309 e. The first-order valence-corrected chi connectivity index (χ1v) is 6.17. The average Bonchev–Trinajstić information content (AvgIpc) is 2.50. The Balaban J connectivity index is -0.0000000847. The van der Waals surface area contributed by atoms with E-state index < -0.39 is 11.9 Å². The molecule has 0 heterocycles. The van der Waals surface area contributed by atoms with Gasteiger partial charge in [0.1, 0.15) is 0 Å². The quantitative estimate of drug-likeness (QED) is 0.151. The number of aliphatic carboxylic acids is 1. The van der Waals surface area contributed by atoms with E-state index in [2.05, 4.69) is 20.1 Å². The van der Waals surface area contributed by atoms with E-state index in [1.54, 1.807) is 14.2 Å². The number of amides is 2. The zero-order valence-corrected chi connectivity index (χ0v) is 19.5. The van der Waals surface area contributed by atoms with Crippen LogP contribution in [0.4, 0.5) is 0 Å². The van der Waals surface area contributed by atoms with E-state index in [1.165, 1.54) is 12.8 Å². The van der Waals surface area contributed by atoms with Gasteiger partial charge in [-0.15, -0.1) is 0 Å². The average molecular weight is 502 g/mol. The van der Waals surface area contributed by atoms with Crippen LogP contribution in [0, 0.1) is 5.92 Å². The van der Waals surface area contributed by atoms with E-state index in [4.69, 9.17) is 15.3 Å². The molecule has 0 aromatic heterocycles. The standard InChI is InChI=1S/C6H8N2O4.2C3H8O2.2Y/c9-3-7-1-5(6(11)12)2-8-4-10;2*1-5-3-2-4;;/h5H,1-2H2,(H,7,9)(H,8,10)(H,11,12);2*4H,2-3H2,1H3;;/q-2;;;;. The third-order valence-electron chi connectivity index (χ3n) is 1.78. The fourth-order valence-electron chi connectivity index (χ4n) is 0.759. The molecule has 0 aromatic carbocycles. The number of ether oxygens (including phenoxy) is 2. The van der Waals surface area contributed by atoms with Crippen LogP contribution >= 0.6 is 0 Å². The molecule has 12 heteroatoms. The molecule has 0 aliphatic rings. The molecule has 5 N–H and O–H groups in total. The molecule has 0 fully saturated rings. The van der Waals surface area contributed by atoms with Crippen LogP contribution in [0.1, 0.15) is 0 Å². The molecule has 2 radical (unpaired) electrons. The van der Waals surface area contributed by atoms with Gasteiger partial charge in [0.2, 0.25) is 0 Å². The number of hydrogen-bond donors (Lipinski definition) is 5. The minimum atomic E-state index is -1.10. The summed E-state index contributed by atoms with van der Waals surface area (Å²) in [5.41, 5.74) is 0. The molecule has 2 amide bonds. The van der Waals surface area contributed by atoms with E-state index in [-0.39, 0.29) is 91.7 Å². The second-order valence-electron chi connectivity index (χ2n) is 3.43. The SMILES string of the molecule is COCCO.COCCO.O=[C-]NCC(CN[C-]=O)C(=O)O.[Y].[Y]. The van der Waals surface area contributed by atoms with Gasteiger partial charge in [0.15, 0.2) is 0 Å². The molecule has 10 nitrogen and oxygen atoms in total. The van der Waals surface area contributed by atoms with Crippen molar-refractivity contribution in [2.45, 2.75) is 0 Å². The molecular weight excluding hydrogens is 478 g/mol. The molecule has 0 saturated carbocycles. The van der Waals surface area contributed by atoms with E-state index in [0.717, 1.165) is 0 Å². The maximum absolute atomic E-state index is 10.4. The fourth-order valence-corrected chi connectivity index (χ4v) is 0.759. The monoisotopic (exact) mass is 502 g/mol. The van der Waals surface area contributed by atoms with Crippen LogP contribution in [0.2, 0.25) is 0 Å². The van der Waals surface area contributed by atoms with Crippen LogP contribution in [0.3, 0.4) is 0 Å². The molecular formula is C12H24N2O8Y2-2. The second kappa shape index (κ2) is 34.7. The van der Waals surface area contributed by atoms with Crippen LogP contribution < -0.4 is 10.6 Å². The van der Waals surface area contributed by atoms with E-state index in [9.17, 15) is 14.4 Å². The molecule has 0 saturated heterocycles. The number of carboxylic acids is 1. The number of carboxylic acid groups (broad SMARTS) is 1. The normalized spacial score (nSPS) is 8.04. The molecule has 0 aliphatic heterocycles. The molecule has 0 bridgehead atoms. The van der Waals surface area contributed by atoms with Gasteiger partial charge in [0.25, 0.3) is 0 Å². The topological polar surface area (TPSA) is 154 Å². The summed E-state index contributed by atoms with van der Waals surface area (Å²) in [6, 6.07) is 0. The van der Waals surface area contributed by atoms with Crippen LogP contribution in [-0.4, -0.2) is 87.8 Å². The van der Waals surface area contributed by atoms with Crippen LogP contribution in [0.15, 0.2) is 0 Å². The Morgan fingerprint density at radius 1 is 0.958 bits per heavy atom. The van der Waals surface area contributed by atoms with E-state index in [0.29, 0.717) is 13.2 Å². The maximum Gasteiger partial charge on any atom is 0.309 e. The zero-order valence-electron chi connectivity index (χ0n) is 13.9. The summed E-state index contributed by atoms with van der Waals surface area (Å²) in [5, 5.41) is 28.5. The van der Waals surface area contributed by atoms with Crippen molar-refractivity contribution in [2.24, 2.45) is 5.92 Å². The van der Waals surface area contributed by atoms with Crippen molar-refractivity contribution < 1.29 is 105 Å². The van der Waals surface area contributed by atoms with Crippen molar-refractivity contribution >= 4 is 18.8 Å². The Labute approximate surface area is 192 Å². The first-order valence-electron chi connectivity index (χ1n) is 6.17. The van der Waals surface area contributed by atoms with Crippen molar-refractivity contribution in [2.75, 3.05) is 53.7 Å². The Hall–Kier alpha value is 0.458. The minimum absolute atomic E-state index is 0. The van der Waals surface area contributed by atoms with Crippen LogP contribution in [0.5, 0.6) is 0 Å². The molecule has 0 aliphatic carbocycles. The number of methoxy groups -OCH3 is 2. The van der Waals surface area contributed by atoms with Gasteiger partial charge < -0.3 is 45.0 Å². The van der Waals surface area contributed by atoms with Gasteiger partial charge in [0.05, 0.1) is 32.3 Å². The number of aliphatic hydroxyl groups is 2. The van der Waals surface area contributed by atoms with Gasteiger partial charge in [-0.3, -0.25) is 4.79 Å². The van der Waals surface area contributed by atoms with Crippen molar-refractivity contribution in [1.29, 1.82) is 0 Å². The number of carbonyl (C=O) groups excluding carboxylic acids is 2. The van der Waals surface area contributed by atoms with Gasteiger partial charge in [-0.1, -0.05) is 0 Å². The van der Waals surface area contributed by atoms with Crippen molar-refractivity contribution in [3.63, 3.8) is 0 Å². The van der Waals surface area contributed by atoms with Crippen molar-refractivity contribution in [3.8, 4) is 0 Å². The summed E-state index contributed by atoms with van der Waals surface area (Å²) < 4.78 is 8.88. The number of nitrogens with one attached hydrogen (secondary N) is 2. The first kappa shape index (κ1) is 35.5. The Morgan fingerprint density at radius 3 is 1.42 bits per heavy atom. The van der Waals surface area contributed by atoms with Gasteiger partial charge in [-0.05, 0) is 0 Å². The van der Waals surface area contributed by atoms with E-state index in [1.807, 2.05) is 0 Å². The molecule has 0 spiro atoms. The predicted molar refractivity (Wildman–Crippen MR) is 76.4 cm³/mol. The summed E-state index contributed by atoms with van der Waals surface area (Å²) in [5.74, 6) is -1.94. The molecule has 24 heavy (non-hydrogen) atoms. The van der Waals surface area contributed by atoms with Gasteiger partial charge in [-0.25, -0.2) is 0 Å². The number of rotatable bonds is 11. The van der Waals surface area contributed by atoms with Crippen LogP contribution in [0.25, 0.3) is 0 Å². The molecule has 138 valence electrons. The Bertz CT molecular complexity index is 241. The van der Waals surface area contributed by atoms with Gasteiger partial charge >= 0.3 is 5.97 Å². The van der Waals surface area contributed by atoms with Gasteiger partial charge in [-0.2, -0.15) is 12.8 Å². The Kier molecular flexibility index (Phi) is 51.4. The molecule has 0 rings (SSSR count). The molecule has 0 unspecified atom stereocenters. The zero-order chi connectivity index (χ0) is 17.6. The van der Waals surface area contributed by atoms with E-state index >= 15 is 0 Å². The van der Waals surface area contributed by atoms with Crippen molar-refractivity contribution in [1.82, 2.24) is 10.6 Å². The maximum atomic E-state index is 10.4. The fraction of sp³-hybridized carbons (Fsp3) is 0.750. The summed E-state index contributed by atoms with van der Waals surface area (Å²) in [6.45, 7) is 1.01.